The number of amides is 1. The molecule has 6 nitrogen and oxygen atoms in total. The first kappa shape index (κ1) is 24.9. The minimum atomic E-state index is -0.0508. The molecule has 172 valence electrons. The molecule has 1 saturated heterocycles. The number of aromatic nitrogens is 1. The fourth-order valence-electron chi connectivity index (χ4n) is 3.72. The molecule has 0 atom stereocenters. The molecule has 0 bridgehead atoms. The summed E-state index contributed by atoms with van der Waals surface area (Å²) in [5, 5.41) is 0.699. The van der Waals surface area contributed by atoms with Gasteiger partial charge in [-0.15, -0.1) is 12.4 Å². The number of hydrogen-bond acceptors (Lipinski definition) is 6. The summed E-state index contributed by atoms with van der Waals surface area (Å²) in [5.74, 6) is 0.676. The van der Waals surface area contributed by atoms with Crippen LogP contribution in [0.2, 0.25) is 0 Å². The number of carbonyl (C=O) groups is 1. The lowest BCUT2D eigenvalue weighted by atomic mass is 10.2. The molecule has 0 unspecified atom stereocenters. The van der Waals surface area contributed by atoms with Crippen molar-refractivity contribution in [2.75, 3.05) is 51.4 Å². The lowest BCUT2D eigenvalue weighted by molar-refractivity contribution is 0.0376. The Bertz CT molecular complexity index is 1070. The average molecular weight is 541 g/mol. The number of methoxy groups -OCH3 is 1. The van der Waals surface area contributed by atoms with E-state index in [0.717, 1.165) is 65.3 Å². The van der Waals surface area contributed by atoms with E-state index in [1.54, 1.807) is 18.4 Å². The maximum Gasteiger partial charge on any atom is 0.261 e. The van der Waals surface area contributed by atoms with Crippen molar-refractivity contribution in [2.24, 2.45) is 0 Å². The topological polar surface area (TPSA) is 54.9 Å². The summed E-state index contributed by atoms with van der Waals surface area (Å²) in [7, 11) is 1.65. The van der Waals surface area contributed by atoms with Gasteiger partial charge in [0.25, 0.3) is 5.91 Å². The Morgan fingerprint density at radius 3 is 2.72 bits per heavy atom. The third-order valence-electron chi connectivity index (χ3n) is 5.45. The van der Waals surface area contributed by atoms with Crippen LogP contribution < -0.4 is 9.64 Å². The van der Waals surface area contributed by atoms with Crippen molar-refractivity contribution in [2.45, 2.75) is 13.3 Å². The molecule has 0 aliphatic carbocycles. The molecule has 1 fully saturated rings. The number of morpholine rings is 1. The van der Waals surface area contributed by atoms with Gasteiger partial charge in [-0.05, 0) is 53.0 Å². The van der Waals surface area contributed by atoms with Gasteiger partial charge < -0.3 is 9.47 Å². The van der Waals surface area contributed by atoms with Crippen LogP contribution in [0.1, 0.15) is 22.3 Å². The van der Waals surface area contributed by atoms with Crippen LogP contribution in [-0.4, -0.2) is 62.3 Å². The number of anilines is 1. The molecular weight excluding hydrogens is 514 g/mol. The molecule has 3 aromatic rings. The highest BCUT2D eigenvalue weighted by Crippen LogP contribution is 2.37. The highest BCUT2D eigenvalue weighted by atomic mass is 79.9. The van der Waals surface area contributed by atoms with Crippen LogP contribution in [0.4, 0.5) is 5.13 Å². The summed E-state index contributed by atoms with van der Waals surface area (Å²) in [6.45, 7) is 7.01. The van der Waals surface area contributed by atoms with Gasteiger partial charge >= 0.3 is 0 Å². The smallest absolute Gasteiger partial charge is 0.261 e. The van der Waals surface area contributed by atoms with Gasteiger partial charge in [-0.3, -0.25) is 14.6 Å². The lowest BCUT2D eigenvalue weighted by Gasteiger charge is -2.27. The van der Waals surface area contributed by atoms with Crippen molar-refractivity contribution < 1.29 is 14.3 Å². The molecule has 4 rings (SSSR count). The third kappa shape index (κ3) is 5.43. The minimum Gasteiger partial charge on any atom is -0.494 e. The van der Waals surface area contributed by atoms with E-state index in [0.29, 0.717) is 17.2 Å². The molecule has 2 heterocycles. The number of aryl methyl sites for hydroxylation is 1. The number of hydrogen-bond donors (Lipinski definition) is 0. The number of halogens is 2. The molecular formula is C23H27BrClN3O3S. The van der Waals surface area contributed by atoms with E-state index >= 15 is 0 Å². The first-order valence-corrected chi connectivity index (χ1v) is 12.0. The Morgan fingerprint density at radius 1 is 1.25 bits per heavy atom. The normalized spacial score (nSPS) is 14.2. The van der Waals surface area contributed by atoms with Crippen LogP contribution in [0.5, 0.6) is 5.75 Å². The molecule has 1 aliphatic heterocycles. The van der Waals surface area contributed by atoms with Crippen LogP contribution in [-0.2, 0) is 4.74 Å². The molecule has 0 N–H and O–H groups in total. The largest absolute Gasteiger partial charge is 0.494 e. The van der Waals surface area contributed by atoms with Crippen LogP contribution in [0.25, 0.3) is 10.2 Å². The second-order valence-electron chi connectivity index (χ2n) is 7.50. The quantitative estimate of drug-likeness (QED) is 0.414. The maximum atomic E-state index is 13.6. The van der Waals surface area contributed by atoms with E-state index < -0.39 is 0 Å². The second-order valence-corrected chi connectivity index (χ2v) is 9.33. The van der Waals surface area contributed by atoms with Gasteiger partial charge in [0.15, 0.2) is 5.13 Å². The zero-order valence-electron chi connectivity index (χ0n) is 18.2. The first-order chi connectivity index (χ1) is 15.1. The fraction of sp³-hybridized carbons (Fsp3) is 0.391. The predicted octanol–water partition coefficient (Wildman–Crippen LogP) is 5.17. The van der Waals surface area contributed by atoms with E-state index in [4.69, 9.17) is 14.5 Å². The molecule has 0 saturated carbocycles. The molecule has 1 amide bonds. The molecule has 32 heavy (non-hydrogen) atoms. The highest BCUT2D eigenvalue weighted by molar-refractivity contribution is 9.10. The van der Waals surface area contributed by atoms with Gasteiger partial charge in [0.1, 0.15) is 11.3 Å². The molecule has 1 aliphatic rings. The molecule has 9 heteroatoms. The summed E-state index contributed by atoms with van der Waals surface area (Å²) < 4.78 is 12.8. The van der Waals surface area contributed by atoms with Gasteiger partial charge in [-0.2, -0.15) is 0 Å². The van der Waals surface area contributed by atoms with Crippen molar-refractivity contribution in [1.82, 2.24) is 9.88 Å². The Labute approximate surface area is 207 Å². The number of carbonyl (C=O) groups excluding carboxylic acids is 1. The molecule has 0 spiro atoms. The molecule has 2 aromatic carbocycles. The van der Waals surface area contributed by atoms with Gasteiger partial charge in [-0.25, -0.2) is 4.98 Å². The number of rotatable bonds is 7. The number of fused-ring (bicyclic) bond motifs is 1. The maximum absolute atomic E-state index is 13.6. The lowest BCUT2D eigenvalue weighted by Crippen LogP contribution is -2.39. The standard InChI is InChI=1S/C23H26BrN3O3S.ClH/c1-16-8-9-19(29-2)20-21(16)31-23(25-20)27(11-5-10-26-12-14-30-15-13-26)22(28)17-6-3-4-7-18(17)24;/h3-4,6-9H,5,10-15H2,1-2H3;1H. The van der Waals surface area contributed by atoms with Crippen LogP contribution in [0.15, 0.2) is 40.9 Å². The summed E-state index contributed by atoms with van der Waals surface area (Å²) >= 11 is 5.07. The van der Waals surface area contributed by atoms with E-state index in [1.807, 2.05) is 41.3 Å². The number of thiazole rings is 1. The fourth-order valence-corrected chi connectivity index (χ4v) is 5.25. The van der Waals surface area contributed by atoms with Gasteiger partial charge in [0, 0.05) is 30.7 Å². The van der Waals surface area contributed by atoms with Crippen LogP contribution >= 0.6 is 39.7 Å². The highest BCUT2D eigenvalue weighted by Gasteiger charge is 2.24. The number of ether oxygens (including phenoxy) is 2. The first-order valence-electron chi connectivity index (χ1n) is 10.4. The SMILES string of the molecule is COc1ccc(C)c2sc(N(CCCN3CCOCC3)C(=O)c3ccccc3Br)nc12.Cl. The summed E-state index contributed by atoms with van der Waals surface area (Å²) in [6.07, 6.45) is 0.863. The van der Waals surface area contributed by atoms with Crippen LogP contribution in [0, 0.1) is 6.92 Å². The van der Waals surface area contributed by atoms with Crippen molar-refractivity contribution in [3.63, 3.8) is 0 Å². The third-order valence-corrected chi connectivity index (χ3v) is 7.36. The monoisotopic (exact) mass is 539 g/mol. The Morgan fingerprint density at radius 2 is 2.00 bits per heavy atom. The number of nitrogens with zero attached hydrogens (tertiary/aromatic N) is 3. The Balaban J connectivity index is 0.00000289. The van der Waals surface area contributed by atoms with E-state index in [9.17, 15) is 4.79 Å². The average Bonchev–Trinajstić information content (AvgIpc) is 3.24. The van der Waals surface area contributed by atoms with Crippen molar-refractivity contribution >= 4 is 60.9 Å². The number of benzene rings is 2. The van der Waals surface area contributed by atoms with Crippen molar-refractivity contribution in [3.8, 4) is 5.75 Å². The van der Waals surface area contributed by atoms with Gasteiger partial charge in [-0.1, -0.05) is 29.5 Å². The minimum absolute atomic E-state index is 0. The van der Waals surface area contributed by atoms with E-state index in [2.05, 4.69) is 27.8 Å². The predicted molar refractivity (Wildman–Crippen MR) is 136 cm³/mol. The van der Waals surface area contributed by atoms with Crippen LogP contribution in [0.3, 0.4) is 0 Å². The summed E-state index contributed by atoms with van der Waals surface area (Å²) in [6, 6.07) is 11.5. The van der Waals surface area contributed by atoms with Crippen molar-refractivity contribution in [3.05, 3.63) is 52.0 Å². The Kier molecular flexibility index (Phi) is 8.90. The zero-order valence-corrected chi connectivity index (χ0v) is 21.4. The summed E-state index contributed by atoms with van der Waals surface area (Å²) in [4.78, 5) is 22.6. The van der Waals surface area contributed by atoms with E-state index in [-0.39, 0.29) is 18.3 Å². The molecule has 1 aromatic heterocycles. The van der Waals surface area contributed by atoms with E-state index in [1.165, 1.54) is 0 Å². The zero-order chi connectivity index (χ0) is 21.8. The van der Waals surface area contributed by atoms with Crippen molar-refractivity contribution in [1.29, 1.82) is 0 Å². The van der Waals surface area contributed by atoms with Gasteiger partial charge in [0.05, 0.1) is 30.6 Å². The van der Waals surface area contributed by atoms with Gasteiger partial charge in [0.2, 0.25) is 0 Å². The molecule has 0 radical (unpaired) electrons. The second kappa shape index (κ2) is 11.4. The Hall–Kier alpha value is -1.71. The summed E-state index contributed by atoms with van der Waals surface area (Å²) in [5.41, 5.74) is 2.57.